The van der Waals surface area contributed by atoms with Gasteiger partial charge in [-0.2, -0.15) is 0 Å². The largest absolute Gasteiger partial charge is 0.255 e. The van der Waals surface area contributed by atoms with Crippen molar-refractivity contribution in [3.63, 3.8) is 0 Å². The summed E-state index contributed by atoms with van der Waals surface area (Å²) in [5, 5.41) is 2.31. The molecule has 0 radical (unpaired) electrons. The highest BCUT2D eigenvalue weighted by atomic mass is 14.8. The zero-order valence-corrected chi connectivity index (χ0v) is 27.4. The van der Waals surface area contributed by atoms with Crippen LogP contribution in [0.5, 0.6) is 0 Å². The first kappa shape index (κ1) is 29.3. The molecule has 0 aliphatic carbocycles. The van der Waals surface area contributed by atoms with E-state index in [9.17, 15) is 0 Å². The van der Waals surface area contributed by atoms with Gasteiger partial charge in [0.1, 0.15) is 0 Å². The molecule has 0 saturated carbocycles. The molecule has 0 amide bonds. The summed E-state index contributed by atoms with van der Waals surface area (Å²) >= 11 is 0. The van der Waals surface area contributed by atoms with Crippen LogP contribution >= 0.6 is 0 Å². The van der Waals surface area contributed by atoms with Gasteiger partial charge in [0.05, 0.1) is 39.5 Å². The van der Waals surface area contributed by atoms with Crippen molar-refractivity contribution >= 4 is 21.8 Å². The number of nitrogens with zero attached hydrogens (tertiary/aromatic N) is 5. The van der Waals surface area contributed by atoms with E-state index in [4.69, 9.17) is 15.0 Å². The molecule has 5 heterocycles. The summed E-state index contributed by atoms with van der Waals surface area (Å²) < 4.78 is 0. The van der Waals surface area contributed by atoms with Crippen LogP contribution in [0.3, 0.4) is 0 Å². The van der Waals surface area contributed by atoms with Crippen molar-refractivity contribution in [2.45, 2.75) is 27.7 Å². The number of hydrogen-bond donors (Lipinski definition) is 0. The molecule has 0 unspecified atom stereocenters. The van der Waals surface area contributed by atoms with E-state index in [0.29, 0.717) is 0 Å². The van der Waals surface area contributed by atoms with Gasteiger partial charge in [-0.15, -0.1) is 0 Å². The van der Waals surface area contributed by atoms with E-state index in [2.05, 4.69) is 110 Å². The fraction of sp³-hybridized carbons (Fsp3) is 0.0930. The number of pyridine rings is 5. The fourth-order valence-corrected chi connectivity index (χ4v) is 6.44. The monoisotopic (exact) mass is 619 g/mol. The van der Waals surface area contributed by atoms with Crippen LogP contribution in [0.4, 0.5) is 0 Å². The molecule has 5 aromatic heterocycles. The maximum Gasteiger partial charge on any atom is 0.0975 e. The van der Waals surface area contributed by atoms with Gasteiger partial charge >= 0.3 is 0 Å². The van der Waals surface area contributed by atoms with Gasteiger partial charge in [-0.05, 0) is 115 Å². The summed E-state index contributed by atoms with van der Waals surface area (Å²) in [6.07, 6.45) is 5.55. The van der Waals surface area contributed by atoms with Crippen molar-refractivity contribution in [2.24, 2.45) is 0 Å². The molecule has 0 N–H and O–H groups in total. The van der Waals surface area contributed by atoms with Crippen LogP contribution in [0.25, 0.3) is 78.1 Å². The lowest BCUT2D eigenvalue weighted by Gasteiger charge is -2.15. The van der Waals surface area contributed by atoms with Crippen LogP contribution in [-0.2, 0) is 0 Å². The number of aryl methyl sites for hydroxylation is 3. The highest BCUT2D eigenvalue weighted by molar-refractivity contribution is 6.06. The molecule has 0 atom stereocenters. The highest BCUT2D eigenvalue weighted by Crippen LogP contribution is 2.35. The second-order valence-electron chi connectivity index (χ2n) is 12.3. The van der Waals surface area contributed by atoms with Crippen LogP contribution in [0.1, 0.15) is 22.3 Å². The second-order valence-corrected chi connectivity index (χ2v) is 12.3. The lowest BCUT2D eigenvalue weighted by atomic mass is 9.94. The predicted molar refractivity (Wildman–Crippen MR) is 197 cm³/mol. The Kier molecular flexibility index (Phi) is 7.30. The molecule has 230 valence electrons. The summed E-state index contributed by atoms with van der Waals surface area (Å²) in [6, 6.07) is 37.8. The molecule has 48 heavy (non-hydrogen) atoms. The van der Waals surface area contributed by atoms with Crippen LogP contribution in [0.2, 0.25) is 0 Å². The standard InChI is InChI=1S/C43H33N5/c1-26-25-46-42-35(27(26)2)18-19-36-28(3)29(4)41(48-43(36)42)31-16-14-30(15-17-31)32-10-9-11-33(22-32)34-23-39(37-12-5-7-20-44-37)47-40(24-34)38-13-6-8-21-45-38/h5-25H,1-4H3. The van der Waals surface area contributed by atoms with Gasteiger partial charge < -0.3 is 0 Å². The average molecular weight is 620 g/mol. The lowest BCUT2D eigenvalue weighted by Crippen LogP contribution is -1.97. The van der Waals surface area contributed by atoms with Crippen molar-refractivity contribution in [2.75, 3.05) is 0 Å². The summed E-state index contributed by atoms with van der Waals surface area (Å²) in [5.74, 6) is 0. The van der Waals surface area contributed by atoms with Crippen molar-refractivity contribution in [3.8, 4) is 56.3 Å². The molecule has 5 nitrogen and oxygen atoms in total. The molecule has 8 rings (SSSR count). The van der Waals surface area contributed by atoms with Crippen LogP contribution in [0.15, 0.2) is 128 Å². The quantitative estimate of drug-likeness (QED) is 0.179. The third-order valence-electron chi connectivity index (χ3n) is 9.45. The third kappa shape index (κ3) is 5.19. The maximum atomic E-state index is 5.25. The molecule has 0 fully saturated rings. The summed E-state index contributed by atoms with van der Waals surface area (Å²) in [7, 11) is 0. The molecule has 0 saturated heterocycles. The Morgan fingerprint density at radius 2 is 1.00 bits per heavy atom. The van der Waals surface area contributed by atoms with E-state index < -0.39 is 0 Å². The number of aromatic nitrogens is 5. The van der Waals surface area contributed by atoms with Crippen LogP contribution in [-0.4, -0.2) is 24.9 Å². The average Bonchev–Trinajstić information content (AvgIpc) is 3.15. The van der Waals surface area contributed by atoms with E-state index in [-0.39, 0.29) is 0 Å². The minimum atomic E-state index is 0.810. The molecule has 3 aromatic carbocycles. The Bertz CT molecular complexity index is 2410. The molecule has 0 bridgehead atoms. The van der Waals surface area contributed by atoms with Crippen LogP contribution in [0, 0.1) is 27.7 Å². The number of hydrogen-bond acceptors (Lipinski definition) is 5. The van der Waals surface area contributed by atoms with Gasteiger partial charge in [-0.25, -0.2) is 9.97 Å². The Labute approximate surface area is 280 Å². The van der Waals surface area contributed by atoms with E-state index in [1.807, 2.05) is 42.6 Å². The number of fused-ring (bicyclic) bond motifs is 3. The summed E-state index contributed by atoms with van der Waals surface area (Å²) in [5.41, 5.74) is 16.6. The first-order chi connectivity index (χ1) is 23.4. The number of rotatable bonds is 5. The fourth-order valence-electron chi connectivity index (χ4n) is 6.44. The first-order valence-corrected chi connectivity index (χ1v) is 16.2. The Morgan fingerprint density at radius 1 is 0.396 bits per heavy atom. The Hall–Kier alpha value is -6.07. The van der Waals surface area contributed by atoms with Gasteiger partial charge in [0.15, 0.2) is 0 Å². The summed E-state index contributed by atoms with van der Waals surface area (Å²) in [4.78, 5) is 24.2. The first-order valence-electron chi connectivity index (χ1n) is 16.2. The third-order valence-corrected chi connectivity index (χ3v) is 9.45. The van der Waals surface area contributed by atoms with Gasteiger partial charge in [0.25, 0.3) is 0 Å². The Balaban J connectivity index is 1.18. The zero-order valence-electron chi connectivity index (χ0n) is 27.4. The SMILES string of the molecule is Cc1cnc2c(ccc3c(C)c(C)c(-c4ccc(-c5cccc(-c6cc(-c7ccccn7)nc(-c7ccccn7)c6)c5)cc4)nc32)c1C. The maximum absolute atomic E-state index is 5.25. The van der Waals surface area contributed by atoms with Crippen molar-refractivity contribution in [1.29, 1.82) is 0 Å². The number of benzene rings is 3. The van der Waals surface area contributed by atoms with E-state index >= 15 is 0 Å². The lowest BCUT2D eigenvalue weighted by molar-refractivity contribution is 1.22. The molecular formula is C43H33N5. The molecule has 0 aliphatic rings. The van der Waals surface area contributed by atoms with Crippen LogP contribution < -0.4 is 0 Å². The molecule has 5 heteroatoms. The highest BCUT2D eigenvalue weighted by Gasteiger charge is 2.16. The second kappa shape index (κ2) is 11.9. The minimum absolute atomic E-state index is 0.810. The molecule has 0 spiro atoms. The van der Waals surface area contributed by atoms with E-state index in [1.165, 1.54) is 22.3 Å². The predicted octanol–water partition coefficient (Wildman–Crippen LogP) is 10.5. The molecule has 0 aliphatic heterocycles. The van der Waals surface area contributed by atoms with Crippen molar-refractivity contribution in [3.05, 3.63) is 150 Å². The normalized spacial score (nSPS) is 11.3. The minimum Gasteiger partial charge on any atom is -0.255 e. The van der Waals surface area contributed by atoms with Crippen molar-refractivity contribution < 1.29 is 0 Å². The molecule has 8 aromatic rings. The summed E-state index contributed by atoms with van der Waals surface area (Å²) in [6.45, 7) is 8.62. The van der Waals surface area contributed by atoms with Gasteiger partial charge in [-0.3, -0.25) is 15.0 Å². The van der Waals surface area contributed by atoms with Gasteiger partial charge in [-0.1, -0.05) is 66.7 Å². The van der Waals surface area contributed by atoms with Gasteiger partial charge in [0, 0.05) is 34.9 Å². The van der Waals surface area contributed by atoms with E-state index in [1.54, 1.807) is 12.4 Å². The van der Waals surface area contributed by atoms with E-state index in [0.717, 1.165) is 78.1 Å². The van der Waals surface area contributed by atoms with Gasteiger partial charge in [0.2, 0.25) is 0 Å². The zero-order chi connectivity index (χ0) is 32.8. The topological polar surface area (TPSA) is 64.5 Å². The smallest absolute Gasteiger partial charge is 0.0975 e. The Morgan fingerprint density at radius 3 is 1.62 bits per heavy atom. The van der Waals surface area contributed by atoms with Crippen molar-refractivity contribution in [1.82, 2.24) is 24.9 Å². The molecular weight excluding hydrogens is 587 g/mol.